The number of aryl methyl sites for hydroxylation is 2. The molecular weight excluding hydrogens is 290 g/mol. The molecule has 2 atom stereocenters. The van der Waals surface area contributed by atoms with Crippen LogP contribution in [0.5, 0.6) is 0 Å². The summed E-state index contributed by atoms with van der Waals surface area (Å²) in [5.41, 5.74) is 3.42. The molecule has 1 aromatic carbocycles. The van der Waals surface area contributed by atoms with Crippen LogP contribution in [0.15, 0.2) is 41.2 Å². The lowest BCUT2D eigenvalue weighted by Gasteiger charge is -2.09. The molecule has 1 aliphatic carbocycles. The highest BCUT2D eigenvalue weighted by molar-refractivity contribution is 5.75. The van der Waals surface area contributed by atoms with Crippen molar-refractivity contribution in [3.63, 3.8) is 0 Å². The molecule has 2 amide bonds. The Bertz CT molecular complexity index is 768. The van der Waals surface area contributed by atoms with Gasteiger partial charge in [-0.25, -0.2) is 4.79 Å². The Morgan fingerprint density at radius 1 is 1.26 bits per heavy atom. The van der Waals surface area contributed by atoms with Gasteiger partial charge in [-0.3, -0.25) is 4.79 Å². The zero-order valence-corrected chi connectivity index (χ0v) is 13.3. The van der Waals surface area contributed by atoms with Crippen LogP contribution >= 0.6 is 0 Å². The maximum absolute atomic E-state index is 12.0. The zero-order valence-electron chi connectivity index (χ0n) is 13.3. The summed E-state index contributed by atoms with van der Waals surface area (Å²) in [7, 11) is 0. The minimum Gasteiger partial charge on any atom is -0.335 e. The summed E-state index contributed by atoms with van der Waals surface area (Å²) in [6, 6.07) is 12.0. The molecule has 0 saturated heterocycles. The second-order valence-electron chi connectivity index (χ2n) is 6.13. The summed E-state index contributed by atoms with van der Waals surface area (Å²) in [6.07, 6.45) is 0.960. The normalized spacial score (nSPS) is 19.2. The first kappa shape index (κ1) is 15.3. The van der Waals surface area contributed by atoms with Crippen molar-refractivity contribution >= 4 is 6.03 Å². The number of pyridine rings is 1. The Labute approximate surface area is 135 Å². The molecule has 5 nitrogen and oxygen atoms in total. The van der Waals surface area contributed by atoms with Crippen molar-refractivity contribution in [1.82, 2.24) is 15.6 Å². The third-order valence-electron chi connectivity index (χ3n) is 4.25. The highest BCUT2D eigenvalue weighted by atomic mass is 16.2. The van der Waals surface area contributed by atoms with Crippen molar-refractivity contribution in [3.05, 3.63) is 69.1 Å². The molecule has 120 valence electrons. The van der Waals surface area contributed by atoms with Gasteiger partial charge in [0.2, 0.25) is 0 Å². The van der Waals surface area contributed by atoms with Crippen LogP contribution < -0.4 is 16.2 Å². The number of aromatic amines is 1. The molecule has 0 bridgehead atoms. The topological polar surface area (TPSA) is 74.0 Å². The number of rotatable bonds is 4. The number of carbonyl (C=O) groups excluding carboxylic acids is 1. The molecule has 23 heavy (non-hydrogen) atoms. The Kier molecular flexibility index (Phi) is 4.19. The number of nitrogens with one attached hydrogen (secondary N) is 3. The number of hydrogen-bond acceptors (Lipinski definition) is 2. The predicted molar refractivity (Wildman–Crippen MR) is 89.5 cm³/mol. The molecule has 1 saturated carbocycles. The molecule has 0 spiro atoms. The summed E-state index contributed by atoms with van der Waals surface area (Å²) in [5.74, 6) is 0.395. The van der Waals surface area contributed by atoms with E-state index in [-0.39, 0.29) is 24.2 Å². The van der Waals surface area contributed by atoms with E-state index in [1.165, 1.54) is 5.56 Å². The zero-order chi connectivity index (χ0) is 16.4. The van der Waals surface area contributed by atoms with Crippen LogP contribution in [-0.4, -0.2) is 17.1 Å². The Morgan fingerprint density at radius 2 is 2.00 bits per heavy atom. The summed E-state index contributed by atoms with van der Waals surface area (Å²) in [4.78, 5) is 26.7. The largest absolute Gasteiger partial charge is 0.335 e. The van der Waals surface area contributed by atoms with Crippen LogP contribution in [0.25, 0.3) is 0 Å². The van der Waals surface area contributed by atoms with E-state index in [0.29, 0.717) is 11.5 Å². The smallest absolute Gasteiger partial charge is 0.315 e. The number of urea groups is 1. The van der Waals surface area contributed by atoms with Crippen LogP contribution in [0.2, 0.25) is 0 Å². The standard InChI is InChI=1S/C18H21N3O2/c1-11-8-12(2)20-17(22)15(11)10-19-18(23)21-16-9-14(16)13-6-4-3-5-7-13/h3-8,14,16H,9-10H2,1-2H3,(H,20,22)(H2,19,21,23)/t14-,16+/m1/s1. The summed E-state index contributed by atoms with van der Waals surface area (Å²) >= 11 is 0. The average molecular weight is 311 g/mol. The molecule has 1 aliphatic rings. The van der Waals surface area contributed by atoms with Crippen molar-refractivity contribution in [2.24, 2.45) is 0 Å². The fourth-order valence-electron chi connectivity index (χ4n) is 2.91. The van der Waals surface area contributed by atoms with Gasteiger partial charge in [0.05, 0.1) is 6.54 Å². The van der Waals surface area contributed by atoms with Gasteiger partial charge >= 0.3 is 6.03 Å². The summed E-state index contributed by atoms with van der Waals surface area (Å²) in [5, 5.41) is 5.73. The molecule has 1 aromatic heterocycles. The maximum Gasteiger partial charge on any atom is 0.315 e. The lowest BCUT2D eigenvalue weighted by molar-refractivity contribution is 0.240. The summed E-state index contributed by atoms with van der Waals surface area (Å²) in [6.45, 7) is 3.95. The second-order valence-corrected chi connectivity index (χ2v) is 6.13. The van der Waals surface area contributed by atoms with Gasteiger partial charge in [0.25, 0.3) is 5.56 Å². The quantitative estimate of drug-likeness (QED) is 0.811. The third kappa shape index (κ3) is 3.62. The van der Waals surface area contributed by atoms with Crippen molar-refractivity contribution in [3.8, 4) is 0 Å². The lowest BCUT2D eigenvalue weighted by atomic mass is 10.1. The molecule has 0 radical (unpaired) electrons. The van der Waals surface area contributed by atoms with Crippen LogP contribution in [0.4, 0.5) is 4.79 Å². The molecule has 5 heteroatoms. The van der Waals surface area contributed by atoms with Gasteiger partial charge in [0.1, 0.15) is 0 Å². The van der Waals surface area contributed by atoms with E-state index in [1.54, 1.807) is 0 Å². The molecule has 0 aliphatic heterocycles. The monoisotopic (exact) mass is 311 g/mol. The van der Waals surface area contributed by atoms with E-state index >= 15 is 0 Å². The van der Waals surface area contributed by atoms with Gasteiger partial charge in [0.15, 0.2) is 0 Å². The SMILES string of the molecule is Cc1cc(C)c(CNC(=O)N[C@H]2C[C@@H]2c2ccccc2)c(=O)[nH]1. The van der Waals surface area contributed by atoms with E-state index in [2.05, 4.69) is 27.8 Å². The van der Waals surface area contributed by atoms with Gasteiger partial charge < -0.3 is 15.6 Å². The van der Waals surface area contributed by atoms with Crippen molar-refractivity contribution in [1.29, 1.82) is 0 Å². The average Bonchev–Trinajstić information content (AvgIpc) is 3.26. The second kappa shape index (κ2) is 6.28. The van der Waals surface area contributed by atoms with Crippen molar-refractivity contribution in [2.45, 2.75) is 38.8 Å². The molecule has 0 unspecified atom stereocenters. The number of amides is 2. The maximum atomic E-state index is 12.0. The molecule has 1 fully saturated rings. The summed E-state index contributed by atoms with van der Waals surface area (Å²) < 4.78 is 0. The number of carbonyl (C=O) groups is 1. The molecule has 3 rings (SSSR count). The van der Waals surface area contributed by atoms with Crippen LogP contribution in [0.1, 0.15) is 34.7 Å². The predicted octanol–water partition coefficient (Wildman–Crippen LogP) is 2.35. The van der Waals surface area contributed by atoms with Gasteiger partial charge in [-0.2, -0.15) is 0 Å². The lowest BCUT2D eigenvalue weighted by Crippen LogP contribution is -2.38. The minimum absolute atomic E-state index is 0.142. The first-order valence-corrected chi connectivity index (χ1v) is 7.83. The van der Waals surface area contributed by atoms with Gasteiger partial charge in [-0.1, -0.05) is 30.3 Å². The van der Waals surface area contributed by atoms with E-state index in [9.17, 15) is 9.59 Å². The first-order valence-electron chi connectivity index (χ1n) is 7.83. The van der Waals surface area contributed by atoms with Crippen molar-refractivity contribution in [2.75, 3.05) is 0 Å². The van der Waals surface area contributed by atoms with E-state index < -0.39 is 0 Å². The van der Waals surface area contributed by atoms with Crippen molar-refractivity contribution < 1.29 is 4.79 Å². The highest BCUT2D eigenvalue weighted by Crippen LogP contribution is 2.40. The van der Waals surface area contributed by atoms with Crippen LogP contribution in [0.3, 0.4) is 0 Å². The number of aromatic nitrogens is 1. The van der Waals surface area contributed by atoms with Crippen LogP contribution in [0, 0.1) is 13.8 Å². The Morgan fingerprint density at radius 3 is 2.70 bits per heavy atom. The molecular formula is C18H21N3O2. The van der Waals surface area contributed by atoms with E-state index in [4.69, 9.17) is 0 Å². The van der Waals surface area contributed by atoms with Crippen LogP contribution in [-0.2, 0) is 6.54 Å². The minimum atomic E-state index is -0.229. The van der Waals surface area contributed by atoms with Gasteiger partial charge in [-0.15, -0.1) is 0 Å². The number of H-pyrrole nitrogens is 1. The third-order valence-corrected chi connectivity index (χ3v) is 4.25. The fraction of sp³-hybridized carbons (Fsp3) is 0.333. The Balaban J connectivity index is 1.53. The van der Waals surface area contributed by atoms with Gasteiger partial charge in [-0.05, 0) is 37.5 Å². The van der Waals surface area contributed by atoms with Gasteiger partial charge in [0, 0.05) is 23.2 Å². The van der Waals surface area contributed by atoms with E-state index in [0.717, 1.165) is 17.7 Å². The number of benzene rings is 1. The molecule has 3 N–H and O–H groups in total. The Hall–Kier alpha value is -2.56. The van der Waals surface area contributed by atoms with E-state index in [1.807, 2.05) is 38.1 Å². The highest BCUT2D eigenvalue weighted by Gasteiger charge is 2.39. The molecule has 1 heterocycles. The fourth-order valence-corrected chi connectivity index (χ4v) is 2.91. The number of hydrogen-bond donors (Lipinski definition) is 3. The molecule has 2 aromatic rings. The first-order chi connectivity index (χ1) is 11.0.